The van der Waals surface area contributed by atoms with Gasteiger partial charge in [-0.2, -0.15) is 0 Å². The Bertz CT molecular complexity index is 237. The monoisotopic (exact) mass is 227 g/mol. The Morgan fingerprint density at radius 3 is 2.88 bits per heavy atom. The van der Waals surface area contributed by atoms with Gasteiger partial charge in [0.25, 0.3) is 0 Å². The summed E-state index contributed by atoms with van der Waals surface area (Å²) in [6.45, 7) is 2.55. The molecule has 5 nitrogen and oxygen atoms in total. The normalized spacial score (nSPS) is 20.4. The van der Waals surface area contributed by atoms with E-state index in [0.717, 1.165) is 25.9 Å². The zero-order chi connectivity index (χ0) is 11.8. The number of rotatable bonds is 6. The van der Waals surface area contributed by atoms with Crippen LogP contribution < -0.4 is 16.4 Å². The van der Waals surface area contributed by atoms with Crippen molar-refractivity contribution in [3.63, 3.8) is 0 Å². The Balaban J connectivity index is 2.03. The van der Waals surface area contributed by atoms with Crippen LogP contribution in [0.4, 0.5) is 0 Å². The number of primary amides is 1. The summed E-state index contributed by atoms with van der Waals surface area (Å²) >= 11 is 0. The molecule has 92 valence electrons. The number of hydrogen-bond donors (Lipinski definition) is 3. The average molecular weight is 227 g/mol. The van der Waals surface area contributed by atoms with Crippen molar-refractivity contribution in [1.82, 2.24) is 10.6 Å². The second kappa shape index (κ2) is 7.22. The fraction of sp³-hybridized carbons (Fsp3) is 0.818. The van der Waals surface area contributed by atoms with Gasteiger partial charge in [0.2, 0.25) is 11.8 Å². The maximum absolute atomic E-state index is 11.5. The third kappa shape index (κ3) is 5.70. The highest BCUT2D eigenvalue weighted by atomic mass is 16.2. The van der Waals surface area contributed by atoms with E-state index in [1.807, 2.05) is 0 Å². The van der Waals surface area contributed by atoms with E-state index in [1.165, 1.54) is 0 Å². The predicted octanol–water partition coefficient (Wildman–Crippen LogP) is -0.242. The predicted molar refractivity (Wildman–Crippen MR) is 61.6 cm³/mol. The van der Waals surface area contributed by atoms with Gasteiger partial charge in [0.1, 0.15) is 0 Å². The highest BCUT2D eigenvalue weighted by Crippen LogP contribution is 2.13. The van der Waals surface area contributed by atoms with E-state index in [0.29, 0.717) is 31.7 Å². The van der Waals surface area contributed by atoms with E-state index in [2.05, 4.69) is 10.6 Å². The molecule has 5 heteroatoms. The minimum absolute atomic E-state index is 0.0816. The Labute approximate surface area is 96.1 Å². The van der Waals surface area contributed by atoms with Crippen molar-refractivity contribution in [3.05, 3.63) is 0 Å². The molecule has 0 aromatic rings. The molecule has 0 aliphatic carbocycles. The number of nitrogens with one attached hydrogen (secondary N) is 2. The fourth-order valence-corrected chi connectivity index (χ4v) is 1.92. The summed E-state index contributed by atoms with van der Waals surface area (Å²) in [6, 6.07) is 0. The van der Waals surface area contributed by atoms with Crippen LogP contribution in [0, 0.1) is 5.92 Å². The van der Waals surface area contributed by atoms with Crippen molar-refractivity contribution in [3.8, 4) is 0 Å². The van der Waals surface area contributed by atoms with Crippen LogP contribution in [-0.2, 0) is 9.59 Å². The van der Waals surface area contributed by atoms with Crippen molar-refractivity contribution in [2.75, 3.05) is 19.6 Å². The molecule has 1 atom stereocenters. The number of carbonyl (C=O) groups is 2. The van der Waals surface area contributed by atoms with Crippen LogP contribution in [0.2, 0.25) is 0 Å². The zero-order valence-electron chi connectivity index (χ0n) is 9.63. The Morgan fingerprint density at radius 2 is 2.25 bits per heavy atom. The molecule has 1 heterocycles. The van der Waals surface area contributed by atoms with Crippen LogP contribution in [-0.4, -0.2) is 31.4 Å². The molecule has 0 aromatic carbocycles. The summed E-state index contributed by atoms with van der Waals surface area (Å²) in [7, 11) is 0. The molecule has 16 heavy (non-hydrogen) atoms. The molecule has 1 unspecified atom stereocenters. The van der Waals surface area contributed by atoms with Crippen molar-refractivity contribution in [1.29, 1.82) is 0 Å². The first kappa shape index (κ1) is 13.0. The number of carbonyl (C=O) groups excluding carboxylic acids is 2. The SMILES string of the molecule is NC(=O)CCCNC(=O)CC1CCCNC1. The summed E-state index contributed by atoms with van der Waals surface area (Å²) in [4.78, 5) is 22.0. The van der Waals surface area contributed by atoms with Gasteiger partial charge in [0, 0.05) is 19.4 Å². The fourth-order valence-electron chi connectivity index (χ4n) is 1.92. The lowest BCUT2D eigenvalue weighted by atomic mass is 9.96. The molecule has 0 bridgehead atoms. The Hall–Kier alpha value is -1.10. The molecule has 0 radical (unpaired) electrons. The summed E-state index contributed by atoms with van der Waals surface area (Å²) in [5.74, 6) is 0.230. The standard InChI is InChI=1S/C11H21N3O2/c12-10(15)4-2-6-14-11(16)7-9-3-1-5-13-8-9/h9,13H,1-8H2,(H2,12,15)(H,14,16). The van der Waals surface area contributed by atoms with E-state index < -0.39 is 0 Å². The molecule has 1 rings (SSSR count). The van der Waals surface area contributed by atoms with Crippen molar-refractivity contribution in [2.45, 2.75) is 32.1 Å². The second-order valence-electron chi connectivity index (χ2n) is 4.34. The lowest BCUT2D eigenvalue weighted by Gasteiger charge is -2.22. The smallest absolute Gasteiger partial charge is 0.220 e. The Kier molecular flexibility index (Phi) is 5.85. The Morgan fingerprint density at radius 1 is 1.44 bits per heavy atom. The van der Waals surface area contributed by atoms with E-state index in [4.69, 9.17) is 5.73 Å². The lowest BCUT2D eigenvalue weighted by molar-refractivity contribution is -0.122. The molecule has 0 saturated carbocycles. The van der Waals surface area contributed by atoms with Crippen LogP contribution in [0.5, 0.6) is 0 Å². The quantitative estimate of drug-likeness (QED) is 0.547. The van der Waals surface area contributed by atoms with E-state index >= 15 is 0 Å². The summed E-state index contributed by atoms with van der Waals surface area (Å²) in [5, 5.41) is 6.09. The van der Waals surface area contributed by atoms with E-state index in [-0.39, 0.29) is 11.8 Å². The number of hydrogen-bond acceptors (Lipinski definition) is 3. The summed E-state index contributed by atoms with van der Waals surface area (Å²) in [5.41, 5.74) is 5.00. The molecular formula is C11H21N3O2. The molecule has 0 spiro atoms. The van der Waals surface area contributed by atoms with Crippen LogP contribution in [0.25, 0.3) is 0 Å². The van der Waals surface area contributed by atoms with Crippen molar-refractivity contribution < 1.29 is 9.59 Å². The minimum Gasteiger partial charge on any atom is -0.370 e. The van der Waals surface area contributed by atoms with Gasteiger partial charge in [-0.1, -0.05) is 0 Å². The van der Waals surface area contributed by atoms with Crippen molar-refractivity contribution in [2.24, 2.45) is 11.7 Å². The molecule has 0 aromatic heterocycles. The first-order valence-electron chi connectivity index (χ1n) is 5.94. The molecule has 1 aliphatic rings. The van der Waals surface area contributed by atoms with Gasteiger partial charge >= 0.3 is 0 Å². The van der Waals surface area contributed by atoms with Crippen LogP contribution in [0.1, 0.15) is 32.1 Å². The number of amides is 2. The van der Waals surface area contributed by atoms with Crippen LogP contribution in [0.15, 0.2) is 0 Å². The third-order valence-electron chi connectivity index (χ3n) is 2.80. The third-order valence-corrected chi connectivity index (χ3v) is 2.80. The highest BCUT2D eigenvalue weighted by Gasteiger charge is 2.16. The number of piperidine rings is 1. The first-order chi connectivity index (χ1) is 7.68. The van der Waals surface area contributed by atoms with Gasteiger partial charge in [-0.15, -0.1) is 0 Å². The van der Waals surface area contributed by atoms with Gasteiger partial charge in [-0.05, 0) is 38.3 Å². The maximum atomic E-state index is 11.5. The molecule has 1 fully saturated rings. The molecule has 2 amide bonds. The molecular weight excluding hydrogens is 206 g/mol. The molecule has 1 aliphatic heterocycles. The molecule has 1 saturated heterocycles. The molecule has 4 N–H and O–H groups in total. The lowest BCUT2D eigenvalue weighted by Crippen LogP contribution is -2.34. The van der Waals surface area contributed by atoms with Crippen LogP contribution >= 0.6 is 0 Å². The largest absolute Gasteiger partial charge is 0.370 e. The summed E-state index contributed by atoms with van der Waals surface area (Å²) < 4.78 is 0. The van der Waals surface area contributed by atoms with Crippen molar-refractivity contribution >= 4 is 11.8 Å². The number of nitrogens with two attached hydrogens (primary N) is 1. The highest BCUT2D eigenvalue weighted by molar-refractivity contribution is 5.76. The van der Waals surface area contributed by atoms with E-state index in [1.54, 1.807) is 0 Å². The summed E-state index contributed by atoms with van der Waals surface area (Å²) in [6.07, 6.45) is 3.83. The average Bonchev–Trinajstić information content (AvgIpc) is 2.25. The van der Waals surface area contributed by atoms with Gasteiger partial charge < -0.3 is 16.4 Å². The van der Waals surface area contributed by atoms with Gasteiger partial charge in [0.15, 0.2) is 0 Å². The minimum atomic E-state index is -0.314. The second-order valence-corrected chi connectivity index (χ2v) is 4.34. The van der Waals surface area contributed by atoms with E-state index in [9.17, 15) is 9.59 Å². The first-order valence-corrected chi connectivity index (χ1v) is 5.94. The topological polar surface area (TPSA) is 84.2 Å². The van der Waals surface area contributed by atoms with Crippen LogP contribution in [0.3, 0.4) is 0 Å². The van der Waals surface area contributed by atoms with Gasteiger partial charge in [-0.3, -0.25) is 9.59 Å². The van der Waals surface area contributed by atoms with Gasteiger partial charge in [0.05, 0.1) is 0 Å². The van der Waals surface area contributed by atoms with Gasteiger partial charge in [-0.25, -0.2) is 0 Å². The zero-order valence-corrected chi connectivity index (χ0v) is 9.63. The maximum Gasteiger partial charge on any atom is 0.220 e.